The van der Waals surface area contributed by atoms with Gasteiger partial charge in [0.15, 0.2) is 6.54 Å². The Balaban J connectivity index is 1.55. The minimum Gasteiger partial charge on any atom is -0.336 e. The van der Waals surface area contributed by atoms with Crippen molar-refractivity contribution in [1.82, 2.24) is 4.90 Å². The fourth-order valence-electron chi connectivity index (χ4n) is 4.57. The smallest absolute Gasteiger partial charge is 0.278 e. The Kier molecular flexibility index (Phi) is 5.41. The van der Waals surface area contributed by atoms with E-state index >= 15 is 0 Å². The van der Waals surface area contributed by atoms with Gasteiger partial charge in [-0.25, -0.2) is 0 Å². The van der Waals surface area contributed by atoms with Crippen molar-refractivity contribution in [3.63, 3.8) is 0 Å². The molecular formula is C22H29N2OS+. The number of nitrogens with zero attached hydrogens (tertiary/aromatic N) is 1. The summed E-state index contributed by atoms with van der Waals surface area (Å²) in [6.45, 7) is 3.59. The maximum absolute atomic E-state index is 13.2. The highest BCUT2D eigenvalue weighted by atomic mass is 32.1. The van der Waals surface area contributed by atoms with Gasteiger partial charge in [-0.3, -0.25) is 4.79 Å². The molecule has 4 rings (SSSR count). The number of hydrogen-bond donors (Lipinski definition) is 1. The third kappa shape index (κ3) is 3.58. The van der Waals surface area contributed by atoms with Crippen LogP contribution >= 0.6 is 11.3 Å². The van der Waals surface area contributed by atoms with Crippen molar-refractivity contribution >= 4 is 17.2 Å². The van der Waals surface area contributed by atoms with Crippen molar-refractivity contribution in [2.24, 2.45) is 0 Å². The molecule has 1 aliphatic heterocycles. The third-order valence-electron chi connectivity index (χ3n) is 6.04. The Hall–Kier alpha value is -1.65. The van der Waals surface area contributed by atoms with E-state index < -0.39 is 0 Å². The van der Waals surface area contributed by atoms with Crippen molar-refractivity contribution in [2.75, 3.05) is 13.1 Å². The molecule has 1 aliphatic carbocycles. The lowest BCUT2D eigenvalue weighted by Gasteiger charge is -2.37. The van der Waals surface area contributed by atoms with E-state index in [1.54, 1.807) is 0 Å². The van der Waals surface area contributed by atoms with Crippen LogP contribution in [0.3, 0.4) is 0 Å². The van der Waals surface area contributed by atoms with E-state index in [-0.39, 0.29) is 6.04 Å². The van der Waals surface area contributed by atoms with Crippen molar-refractivity contribution in [3.05, 3.63) is 57.3 Å². The average Bonchev–Trinajstić information content (AvgIpc) is 3.15. The van der Waals surface area contributed by atoms with Crippen LogP contribution in [0.25, 0.3) is 0 Å². The number of amides is 1. The third-order valence-corrected chi connectivity index (χ3v) is 7.04. The number of fused-ring (bicyclic) bond motifs is 1. The molecule has 2 aromatic rings. The Bertz CT molecular complexity index is 763. The highest BCUT2D eigenvalue weighted by Gasteiger charge is 2.34. The Labute approximate surface area is 160 Å². The minimum absolute atomic E-state index is 0.0819. The normalized spacial score (nSPS) is 20.8. The van der Waals surface area contributed by atoms with Gasteiger partial charge in [-0.1, -0.05) is 30.7 Å². The molecule has 0 radical (unpaired) electrons. The topological polar surface area (TPSA) is 36.9 Å². The van der Waals surface area contributed by atoms with Crippen LogP contribution in [0, 0.1) is 6.92 Å². The molecular weight excluding hydrogens is 340 g/mol. The second-order valence-electron chi connectivity index (χ2n) is 7.73. The van der Waals surface area contributed by atoms with Crippen molar-refractivity contribution in [3.8, 4) is 0 Å². The minimum atomic E-state index is 0.0819. The monoisotopic (exact) mass is 369 g/mol. The largest absolute Gasteiger partial charge is 0.336 e. The van der Waals surface area contributed by atoms with Crippen LogP contribution < -0.4 is 5.32 Å². The lowest BCUT2D eigenvalue weighted by atomic mass is 9.90. The van der Waals surface area contributed by atoms with E-state index in [4.69, 9.17) is 0 Å². The molecule has 3 nitrogen and oxygen atoms in total. The summed E-state index contributed by atoms with van der Waals surface area (Å²) in [5, 5.41) is 4.48. The van der Waals surface area contributed by atoms with Crippen LogP contribution in [-0.4, -0.2) is 29.9 Å². The predicted molar refractivity (Wildman–Crippen MR) is 106 cm³/mol. The van der Waals surface area contributed by atoms with E-state index in [0.717, 1.165) is 13.0 Å². The zero-order chi connectivity index (χ0) is 17.9. The predicted octanol–water partition coefficient (Wildman–Crippen LogP) is 3.43. The van der Waals surface area contributed by atoms with E-state index in [1.165, 1.54) is 53.7 Å². The second kappa shape index (κ2) is 7.93. The van der Waals surface area contributed by atoms with Crippen LogP contribution in [0.5, 0.6) is 0 Å². The lowest BCUT2D eigenvalue weighted by molar-refractivity contribution is -0.682. The zero-order valence-corrected chi connectivity index (χ0v) is 16.4. The maximum atomic E-state index is 13.2. The number of nitrogens with two attached hydrogens (primary N) is 1. The Morgan fingerprint density at radius 3 is 2.77 bits per heavy atom. The number of carbonyl (C=O) groups excluding carboxylic acids is 1. The molecule has 0 saturated heterocycles. The molecule has 1 aromatic heterocycles. The van der Waals surface area contributed by atoms with Gasteiger partial charge >= 0.3 is 0 Å². The standard InChI is InChI=1S/C22H28N2OS/c1-16-7-5-6-10-18(16)22-19-12-14-26-20(19)11-13-24(22)21(25)15-23-17-8-3-2-4-9-17/h5-7,10,12,14,17,22-23H,2-4,8-9,11,13,15H2,1H3/p+1/t22-/m1/s1. The second-order valence-corrected chi connectivity index (χ2v) is 8.73. The van der Waals surface area contributed by atoms with E-state index in [0.29, 0.717) is 18.5 Å². The fraction of sp³-hybridized carbons (Fsp3) is 0.500. The van der Waals surface area contributed by atoms with Crippen LogP contribution in [-0.2, 0) is 11.2 Å². The summed E-state index contributed by atoms with van der Waals surface area (Å²) in [5.41, 5.74) is 3.88. The molecule has 1 fully saturated rings. The van der Waals surface area contributed by atoms with Crippen LogP contribution in [0.1, 0.15) is 59.7 Å². The lowest BCUT2D eigenvalue weighted by Crippen LogP contribution is -2.92. The molecule has 0 bridgehead atoms. The SMILES string of the molecule is Cc1ccccc1[C@@H]1c2ccsc2CCN1C(=O)C[NH2+]C1CCCCC1. The quantitative estimate of drug-likeness (QED) is 0.881. The first kappa shape index (κ1) is 17.7. The van der Waals surface area contributed by atoms with Gasteiger partial charge in [0.1, 0.15) is 0 Å². The van der Waals surface area contributed by atoms with Gasteiger partial charge < -0.3 is 10.2 Å². The van der Waals surface area contributed by atoms with E-state index in [1.807, 2.05) is 11.3 Å². The summed E-state index contributed by atoms with van der Waals surface area (Å²) >= 11 is 1.83. The van der Waals surface area contributed by atoms with Gasteiger partial charge in [0.05, 0.1) is 12.1 Å². The van der Waals surface area contributed by atoms with Gasteiger partial charge in [0.2, 0.25) is 0 Å². The number of benzene rings is 1. The fourth-order valence-corrected chi connectivity index (χ4v) is 5.47. The Morgan fingerprint density at radius 1 is 1.15 bits per heavy atom. The Morgan fingerprint density at radius 2 is 1.96 bits per heavy atom. The van der Waals surface area contributed by atoms with Crippen molar-refractivity contribution in [1.29, 1.82) is 0 Å². The molecule has 1 saturated carbocycles. The first-order chi connectivity index (χ1) is 12.7. The molecule has 0 spiro atoms. The highest BCUT2D eigenvalue weighted by Crippen LogP contribution is 2.38. The first-order valence-electron chi connectivity index (χ1n) is 9.98. The molecule has 2 heterocycles. The van der Waals surface area contributed by atoms with Gasteiger partial charge in [0, 0.05) is 11.4 Å². The van der Waals surface area contributed by atoms with Crippen LogP contribution in [0.4, 0.5) is 0 Å². The molecule has 1 atom stereocenters. The highest BCUT2D eigenvalue weighted by molar-refractivity contribution is 7.10. The van der Waals surface area contributed by atoms with Gasteiger partial charge in [-0.15, -0.1) is 11.3 Å². The number of aryl methyl sites for hydroxylation is 1. The van der Waals surface area contributed by atoms with E-state index in [9.17, 15) is 4.79 Å². The van der Waals surface area contributed by atoms with Crippen LogP contribution in [0.15, 0.2) is 35.7 Å². The number of thiophene rings is 1. The average molecular weight is 370 g/mol. The molecule has 1 aromatic carbocycles. The van der Waals surface area contributed by atoms with Gasteiger partial charge in [0.25, 0.3) is 5.91 Å². The van der Waals surface area contributed by atoms with Gasteiger partial charge in [-0.05, 0) is 67.2 Å². The van der Waals surface area contributed by atoms with Crippen molar-refractivity contribution < 1.29 is 10.1 Å². The number of quaternary nitrogens is 1. The summed E-state index contributed by atoms with van der Waals surface area (Å²) in [6, 6.07) is 11.5. The molecule has 2 aliphatic rings. The maximum Gasteiger partial charge on any atom is 0.278 e. The molecule has 26 heavy (non-hydrogen) atoms. The summed E-state index contributed by atoms with van der Waals surface area (Å²) in [7, 11) is 0. The molecule has 4 heteroatoms. The number of rotatable bonds is 4. The molecule has 2 N–H and O–H groups in total. The molecule has 0 unspecified atom stereocenters. The van der Waals surface area contributed by atoms with E-state index in [2.05, 4.69) is 52.9 Å². The summed E-state index contributed by atoms with van der Waals surface area (Å²) in [4.78, 5) is 16.7. The van der Waals surface area contributed by atoms with Crippen molar-refractivity contribution in [2.45, 2.75) is 57.5 Å². The molecule has 1 amide bonds. The molecule has 138 valence electrons. The summed E-state index contributed by atoms with van der Waals surface area (Å²) in [5.74, 6) is 0.292. The number of carbonyl (C=O) groups is 1. The van der Waals surface area contributed by atoms with Crippen LogP contribution in [0.2, 0.25) is 0 Å². The first-order valence-corrected chi connectivity index (χ1v) is 10.9. The summed E-state index contributed by atoms with van der Waals surface area (Å²) < 4.78 is 0. The summed E-state index contributed by atoms with van der Waals surface area (Å²) in [6.07, 6.45) is 7.53. The van der Waals surface area contributed by atoms with Gasteiger partial charge in [-0.2, -0.15) is 0 Å². The zero-order valence-electron chi connectivity index (χ0n) is 15.6. The number of hydrogen-bond acceptors (Lipinski definition) is 2.